The molecule has 0 aliphatic rings. The number of aliphatic hydroxyl groups is 1. The van der Waals surface area contributed by atoms with Crippen molar-refractivity contribution < 1.29 is 14.7 Å². The van der Waals surface area contributed by atoms with E-state index in [1.165, 1.54) is 0 Å². The first-order valence-corrected chi connectivity index (χ1v) is 7.99. The van der Waals surface area contributed by atoms with Crippen LogP contribution in [0.25, 0.3) is 11.3 Å². The number of phenols is 1. The quantitative estimate of drug-likeness (QED) is 0.891. The summed E-state index contributed by atoms with van der Waals surface area (Å²) >= 11 is 0. The predicted molar refractivity (Wildman–Crippen MR) is 91.8 cm³/mol. The summed E-state index contributed by atoms with van der Waals surface area (Å²) in [5.41, 5.74) is 3.07. The van der Waals surface area contributed by atoms with Crippen molar-refractivity contribution in [3.05, 3.63) is 35.1 Å². The number of rotatable bonds is 3. The zero-order chi connectivity index (χ0) is 17.4. The van der Waals surface area contributed by atoms with Crippen molar-refractivity contribution in [1.29, 1.82) is 0 Å². The maximum Gasteiger partial charge on any atom is 0.139 e. The molecule has 1 heterocycles. The van der Waals surface area contributed by atoms with E-state index in [-0.39, 0.29) is 17.4 Å². The van der Waals surface area contributed by atoms with Crippen molar-refractivity contribution in [3.63, 3.8) is 0 Å². The minimum atomic E-state index is -0.183. The smallest absolute Gasteiger partial charge is 0.139 e. The molecular formula is C19H27NO3. The van der Waals surface area contributed by atoms with E-state index in [1.54, 1.807) is 0 Å². The van der Waals surface area contributed by atoms with Crippen LogP contribution in [0.5, 0.6) is 5.75 Å². The van der Waals surface area contributed by atoms with Crippen LogP contribution in [0, 0.1) is 0 Å². The number of hydrogen-bond donors (Lipinski definition) is 2. The molecule has 0 aliphatic heterocycles. The molecule has 23 heavy (non-hydrogen) atoms. The van der Waals surface area contributed by atoms with E-state index in [1.807, 2.05) is 18.2 Å². The SMILES string of the molecule is CC(C)(C)c1cc(-c2cc(CCO)on2)cc(C(C)(C)C)c1O. The van der Waals surface area contributed by atoms with Gasteiger partial charge in [-0.2, -0.15) is 0 Å². The van der Waals surface area contributed by atoms with Crippen LogP contribution >= 0.6 is 0 Å². The van der Waals surface area contributed by atoms with Gasteiger partial charge < -0.3 is 14.7 Å². The maximum atomic E-state index is 10.7. The Morgan fingerprint density at radius 1 is 0.957 bits per heavy atom. The van der Waals surface area contributed by atoms with Gasteiger partial charge in [0, 0.05) is 29.2 Å². The Hall–Kier alpha value is -1.81. The molecule has 0 bridgehead atoms. The molecule has 2 N–H and O–H groups in total. The lowest BCUT2D eigenvalue weighted by molar-refractivity contribution is 0.277. The van der Waals surface area contributed by atoms with Crippen LogP contribution in [0.3, 0.4) is 0 Å². The standard InChI is InChI=1S/C19H27NO3/c1-18(2,3)14-9-12(10-15(17(14)22)19(4,5)6)16-11-13(7-8-21)23-20-16/h9-11,21-22H,7-8H2,1-6H3. The molecule has 4 heteroatoms. The van der Waals surface area contributed by atoms with E-state index >= 15 is 0 Å². The molecule has 126 valence electrons. The highest BCUT2D eigenvalue weighted by Gasteiger charge is 2.27. The summed E-state index contributed by atoms with van der Waals surface area (Å²) < 4.78 is 5.27. The first kappa shape index (κ1) is 17.5. The first-order valence-electron chi connectivity index (χ1n) is 7.99. The van der Waals surface area contributed by atoms with Crippen molar-refractivity contribution in [1.82, 2.24) is 5.16 Å². The third-order valence-electron chi connectivity index (χ3n) is 3.94. The van der Waals surface area contributed by atoms with E-state index in [4.69, 9.17) is 9.63 Å². The molecule has 0 saturated heterocycles. The van der Waals surface area contributed by atoms with Crippen molar-refractivity contribution >= 4 is 0 Å². The lowest BCUT2D eigenvalue weighted by Crippen LogP contribution is -2.17. The summed E-state index contributed by atoms with van der Waals surface area (Å²) in [5.74, 6) is 1.01. The summed E-state index contributed by atoms with van der Waals surface area (Å²) in [6.07, 6.45) is 0.448. The van der Waals surface area contributed by atoms with Crippen molar-refractivity contribution in [2.45, 2.75) is 58.8 Å². The van der Waals surface area contributed by atoms with Gasteiger partial charge in [-0.15, -0.1) is 0 Å². The lowest BCUT2D eigenvalue weighted by atomic mass is 9.78. The van der Waals surface area contributed by atoms with Crippen LogP contribution in [-0.4, -0.2) is 22.0 Å². The van der Waals surface area contributed by atoms with E-state index in [9.17, 15) is 5.11 Å². The number of aliphatic hydroxyl groups excluding tert-OH is 1. The minimum absolute atomic E-state index is 0.0324. The van der Waals surface area contributed by atoms with Crippen LogP contribution in [0.4, 0.5) is 0 Å². The molecule has 0 aliphatic carbocycles. The Kier molecular flexibility index (Phi) is 4.58. The van der Waals surface area contributed by atoms with E-state index < -0.39 is 0 Å². The zero-order valence-corrected chi connectivity index (χ0v) is 14.9. The first-order chi connectivity index (χ1) is 10.5. The lowest BCUT2D eigenvalue weighted by Gasteiger charge is -2.28. The minimum Gasteiger partial charge on any atom is -0.507 e. The molecule has 2 aromatic rings. The molecule has 4 nitrogen and oxygen atoms in total. The topological polar surface area (TPSA) is 66.5 Å². The van der Waals surface area contributed by atoms with Crippen LogP contribution < -0.4 is 0 Å². The van der Waals surface area contributed by atoms with Gasteiger partial charge in [-0.1, -0.05) is 46.7 Å². The summed E-state index contributed by atoms with van der Waals surface area (Å²) in [6.45, 7) is 12.5. The predicted octanol–water partition coefficient (Wildman–Crippen LogP) is 4.18. The number of benzene rings is 1. The second kappa shape index (κ2) is 6.00. The number of aromatic hydroxyl groups is 1. The van der Waals surface area contributed by atoms with Gasteiger partial charge in [0.05, 0.1) is 6.61 Å². The Morgan fingerprint density at radius 2 is 1.48 bits per heavy atom. The Morgan fingerprint density at radius 3 is 1.91 bits per heavy atom. The molecule has 0 atom stereocenters. The van der Waals surface area contributed by atoms with Gasteiger partial charge in [0.2, 0.25) is 0 Å². The average molecular weight is 317 g/mol. The maximum absolute atomic E-state index is 10.7. The fourth-order valence-corrected chi connectivity index (χ4v) is 2.60. The Balaban J connectivity index is 2.64. The van der Waals surface area contributed by atoms with E-state index in [0.29, 0.717) is 17.9 Å². The largest absolute Gasteiger partial charge is 0.507 e. The fraction of sp³-hybridized carbons (Fsp3) is 0.526. The number of phenolic OH excluding ortho intramolecular Hbond substituents is 1. The molecule has 2 rings (SSSR count). The highest BCUT2D eigenvalue weighted by Crippen LogP contribution is 2.41. The highest BCUT2D eigenvalue weighted by atomic mass is 16.5. The summed E-state index contributed by atoms with van der Waals surface area (Å²) in [4.78, 5) is 0. The molecule has 0 amide bonds. The van der Waals surface area contributed by atoms with Crippen molar-refractivity contribution in [2.75, 3.05) is 6.61 Å². The summed E-state index contributed by atoms with van der Waals surface area (Å²) in [7, 11) is 0. The second-order valence-electron chi connectivity index (χ2n) is 8.07. The third-order valence-corrected chi connectivity index (χ3v) is 3.94. The summed E-state index contributed by atoms with van der Waals surface area (Å²) in [6, 6.07) is 5.80. The van der Waals surface area contributed by atoms with Crippen molar-refractivity contribution in [3.8, 4) is 17.0 Å². The molecule has 1 aromatic heterocycles. The molecule has 0 fully saturated rings. The van der Waals surface area contributed by atoms with Crippen molar-refractivity contribution in [2.24, 2.45) is 0 Å². The zero-order valence-electron chi connectivity index (χ0n) is 14.9. The van der Waals surface area contributed by atoms with Crippen LogP contribution in [0.15, 0.2) is 22.7 Å². The van der Waals surface area contributed by atoms with Crippen LogP contribution in [0.1, 0.15) is 58.4 Å². The van der Waals surface area contributed by atoms with E-state index in [2.05, 4.69) is 46.7 Å². The Bertz CT molecular complexity index is 652. The normalized spacial score (nSPS) is 12.7. The van der Waals surface area contributed by atoms with Crippen LogP contribution in [0.2, 0.25) is 0 Å². The van der Waals surface area contributed by atoms with E-state index in [0.717, 1.165) is 22.4 Å². The monoisotopic (exact) mass is 317 g/mol. The Labute approximate surface area is 138 Å². The van der Waals surface area contributed by atoms with Gasteiger partial charge >= 0.3 is 0 Å². The van der Waals surface area contributed by atoms with Crippen LogP contribution in [-0.2, 0) is 17.3 Å². The molecular weight excluding hydrogens is 290 g/mol. The molecule has 0 spiro atoms. The molecule has 0 unspecified atom stereocenters. The van der Waals surface area contributed by atoms with Gasteiger partial charge in [-0.25, -0.2) is 0 Å². The number of aromatic nitrogens is 1. The van der Waals surface area contributed by atoms with Gasteiger partial charge in [0.25, 0.3) is 0 Å². The van der Waals surface area contributed by atoms with Gasteiger partial charge in [-0.05, 0) is 23.0 Å². The van der Waals surface area contributed by atoms with Gasteiger partial charge in [0.1, 0.15) is 17.2 Å². The molecule has 1 aromatic carbocycles. The average Bonchev–Trinajstić information content (AvgIpc) is 2.85. The van der Waals surface area contributed by atoms with Gasteiger partial charge in [-0.3, -0.25) is 0 Å². The fourth-order valence-electron chi connectivity index (χ4n) is 2.60. The third kappa shape index (κ3) is 3.75. The second-order valence-corrected chi connectivity index (χ2v) is 8.07. The number of hydrogen-bond acceptors (Lipinski definition) is 4. The number of nitrogens with zero attached hydrogens (tertiary/aromatic N) is 1. The van der Waals surface area contributed by atoms with Gasteiger partial charge in [0.15, 0.2) is 0 Å². The summed E-state index contributed by atoms with van der Waals surface area (Å²) in [5, 5.41) is 23.9. The molecule has 0 saturated carbocycles. The molecule has 0 radical (unpaired) electrons. The highest BCUT2D eigenvalue weighted by molar-refractivity contribution is 5.66.